The van der Waals surface area contributed by atoms with Crippen molar-refractivity contribution in [1.29, 1.82) is 5.26 Å². The zero-order valence-electron chi connectivity index (χ0n) is 8.00. The van der Waals surface area contributed by atoms with Gasteiger partial charge in [0.2, 0.25) is 0 Å². The molecule has 0 saturated heterocycles. The molecule has 0 amide bonds. The lowest BCUT2D eigenvalue weighted by atomic mass is 10.1. The quantitative estimate of drug-likeness (QED) is 0.593. The van der Waals surface area contributed by atoms with Gasteiger partial charge in [0, 0.05) is 5.56 Å². The van der Waals surface area contributed by atoms with Crippen molar-refractivity contribution < 1.29 is 18.3 Å². The van der Waals surface area contributed by atoms with E-state index < -0.39 is 29.2 Å². The lowest BCUT2D eigenvalue weighted by Gasteiger charge is -2.07. The number of carbonyl (C=O) groups excluding carboxylic acids is 1. The standard InChI is InChI=1S/C9H5ClF2N2O2/c1-16-9(15)7-5(3-13)4(8(11)12)2-6(10)14-7/h2,8H,1H3. The molecule has 0 saturated carbocycles. The van der Waals surface area contributed by atoms with E-state index in [-0.39, 0.29) is 5.15 Å². The Morgan fingerprint density at radius 3 is 2.75 bits per heavy atom. The van der Waals surface area contributed by atoms with Gasteiger partial charge in [0.25, 0.3) is 6.43 Å². The molecule has 0 bridgehead atoms. The zero-order chi connectivity index (χ0) is 12.3. The largest absolute Gasteiger partial charge is 0.464 e. The van der Waals surface area contributed by atoms with E-state index in [4.69, 9.17) is 16.9 Å². The molecule has 1 rings (SSSR count). The first-order valence-electron chi connectivity index (χ1n) is 3.98. The fourth-order valence-electron chi connectivity index (χ4n) is 1.07. The van der Waals surface area contributed by atoms with Crippen molar-refractivity contribution in [3.05, 3.63) is 28.0 Å². The van der Waals surface area contributed by atoms with Gasteiger partial charge in [-0.1, -0.05) is 11.6 Å². The number of hydrogen-bond acceptors (Lipinski definition) is 4. The number of ether oxygens (including phenoxy) is 1. The van der Waals surface area contributed by atoms with E-state index in [2.05, 4.69) is 9.72 Å². The van der Waals surface area contributed by atoms with Gasteiger partial charge in [-0.15, -0.1) is 0 Å². The molecular formula is C9H5ClF2N2O2. The van der Waals surface area contributed by atoms with Crippen molar-refractivity contribution in [2.75, 3.05) is 7.11 Å². The average molecular weight is 247 g/mol. The molecule has 7 heteroatoms. The fourth-order valence-corrected chi connectivity index (χ4v) is 1.27. The second-order valence-corrected chi connectivity index (χ2v) is 3.05. The summed E-state index contributed by atoms with van der Waals surface area (Å²) in [6, 6.07) is 2.33. The number of alkyl halides is 2. The summed E-state index contributed by atoms with van der Waals surface area (Å²) in [5, 5.41) is 8.41. The second kappa shape index (κ2) is 4.86. The Balaban J connectivity index is 3.50. The van der Waals surface area contributed by atoms with Crippen molar-refractivity contribution in [3.63, 3.8) is 0 Å². The van der Waals surface area contributed by atoms with E-state index >= 15 is 0 Å². The number of esters is 1. The third-order valence-corrected chi connectivity index (χ3v) is 1.94. The number of hydrogen-bond donors (Lipinski definition) is 0. The first-order valence-corrected chi connectivity index (χ1v) is 4.36. The van der Waals surface area contributed by atoms with Crippen LogP contribution in [0.1, 0.15) is 28.0 Å². The van der Waals surface area contributed by atoms with Gasteiger partial charge in [0.1, 0.15) is 11.2 Å². The van der Waals surface area contributed by atoms with E-state index in [9.17, 15) is 13.6 Å². The molecule has 1 aromatic rings. The van der Waals surface area contributed by atoms with E-state index in [0.717, 1.165) is 13.2 Å². The predicted octanol–water partition coefficient (Wildman–Crippen LogP) is 2.33. The van der Waals surface area contributed by atoms with Crippen LogP contribution in [-0.2, 0) is 4.74 Å². The fraction of sp³-hybridized carbons (Fsp3) is 0.222. The van der Waals surface area contributed by atoms with E-state index in [1.807, 2.05) is 0 Å². The van der Waals surface area contributed by atoms with Crippen molar-refractivity contribution >= 4 is 17.6 Å². The molecule has 0 atom stereocenters. The number of halogens is 3. The smallest absolute Gasteiger partial charge is 0.358 e. The lowest BCUT2D eigenvalue weighted by molar-refractivity contribution is 0.0593. The third kappa shape index (κ3) is 2.25. The summed E-state index contributed by atoms with van der Waals surface area (Å²) in [5.74, 6) is -0.985. The highest BCUT2D eigenvalue weighted by molar-refractivity contribution is 6.29. The Kier molecular flexibility index (Phi) is 3.74. The summed E-state index contributed by atoms with van der Waals surface area (Å²) in [6.07, 6.45) is -2.92. The van der Waals surface area contributed by atoms with Crippen LogP contribution in [0.25, 0.3) is 0 Å². The molecule has 0 radical (unpaired) electrons. The molecule has 0 fully saturated rings. The maximum absolute atomic E-state index is 12.6. The van der Waals surface area contributed by atoms with Crippen molar-refractivity contribution in [2.24, 2.45) is 0 Å². The minimum atomic E-state index is -2.92. The Labute approximate surface area is 94.4 Å². The summed E-state index contributed by atoms with van der Waals surface area (Å²) in [7, 11) is 1.05. The first-order chi connectivity index (χ1) is 7.51. The van der Waals surface area contributed by atoms with Gasteiger partial charge in [-0.3, -0.25) is 0 Å². The van der Waals surface area contributed by atoms with Crippen molar-refractivity contribution in [1.82, 2.24) is 4.98 Å². The van der Waals surface area contributed by atoms with Crippen LogP contribution in [-0.4, -0.2) is 18.1 Å². The molecular weight excluding hydrogens is 242 g/mol. The van der Waals surface area contributed by atoms with Crippen LogP contribution in [0.4, 0.5) is 8.78 Å². The Morgan fingerprint density at radius 2 is 2.31 bits per heavy atom. The van der Waals surface area contributed by atoms with E-state index in [1.165, 1.54) is 6.07 Å². The lowest BCUT2D eigenvalue weighted by Crippen LogP contribution is -2.10. The minimum absolute atomic E-state index is 0.297. The molecule has 0 N–H and O–H groups in total. The highest BCUT2D eigenvalue weighted by atomic mass is 35.5. The summed E-state index contributed by atoms with van der Waals surface area (Å²) in [4.78, 5) is 14.7. The summed E-state index contributed by atoms with van der Waals surface area (Å²) >= 11 is 5.46. The van der Waals surface area contributed by atoms with Gasteiger partial charge in [-0.05, 0) is 6.07 Å². The zero-order valence-corrected chi connectivity index (χ0v) is 8.76. The van der Waals surface area contributed by atoms with Gasteiger partial charge in [-0.25, -0.2) is 18.6 Å². The van der Waals surface area contributed by atoms with Crippen LogP contribution in [0.15, 0.2) is 6.07 Å². The van der Waals surface area contributed by atoms with Crippen LogP contribution >= 0.6 is 11.6 Å². The Hall–Kier alpha value is -1.74. The second-order valence-electron chi connectivity index (χ2n) is 2.66. The Bertz CT molecular complexity index is 471. The number of nitrogens with zero attached hydrogens (tertiary/aromatic N) is 2. The van der Waals surface area contributed by atoms with Crippen molar-refractivity contribution in [3.8, 4) is 6.07 Å². The van der Waals surface area contributed by atoms with Crippen LogP contribution in [0, 0.1) is 11.3 Å². The van der Waals surface area contributed by atoms with E-state index in [0.29, 0.717) is 0 Å². The number of aromatic nitrogens is 1. The normalized spacial score (nSPS) is 10.0. The molecule has 0 aliphatic carbocycles. The van der Waals surface area contributed by atoms with Crippen LogP contribution in [0.3, 0.4) is 0 Å². The van der Waals surface area contributed by atoms with Gasteiger partial charge < -0.3 is 4.74 Å². The van der Waals surface area contributed by atoms with Crippen molar-refractivity contribution in [2.45, 2.75) is 6.43 Å². The Morgan fingerprint density at radius 1 is 1.69 bits per heavy atom. The molecule has 0 spiro atoms. The van der Waals surface area contributed by atoms with Crippen LogP contribution in [0.5, 0.6) is 0 Å². The summed E-state index contributed by atoms with van der Waals surface area (Å²) < 4.78 is 29.4. The molecule has 4 nitrogen and oxygen atoms in total. The topological polar surface area (TPSA) is 63.0 Å². The van der Waals surface area contributed by atoms with Gasteiger partial charge in [-0.2, -0.15) is 5.26 Å². The molecule has 1 aromatic heterocycles. The number of nitriles is 1. The average Bonchev–Trinajstić information content (AvgIpc) is 2.26. The monoisotopic (exact) mass is 246 g/mol. The summed E-state index contributed by atoms with van der Waals surface area (Å²) in [6.45, 7) is 0. The molecule has 84 valence electrons. The number of methoxy groups -OCH3 is 1. The molecule has 0 aromatic carbocycles. The number of pyridine rings is 1. The number of rotatable bonds is 2. The molecule has 16 heavy (non-hydrogen) atoms. The molecule has 0 unspecified atom stereocenters. The SMILES string of the molecule is COC(=O)c1nc(Cl)cc(C(F)F)c1C#N. The maximum atomic E-state index is 12.6. The molecule has 0 aliphatic heterocycles. The van der Waals surface area contributed by atoms with Crippen LogP contribution in [0.2, 0.25) is 5.15 Å². The predicted molar refractivity (Wildman–Crippen MR) is 50.3 cm³/mol. The highest BCUT2D eigenvalue weighted by Crippen LogP contribution is 2.27. The summed E-state index contributed by atoms with van der Waals surface area (Å²) in [5.41, 5.74) is -1.66. The number of carbonyl (C=O) groups is 1. The molecule has 1 heterocycles. The molecule has 0 aliphatic rings. The van der Waals surface area contributed by atoms with Crippen LogP contribution < -0.4 is 0 Å². The van der Waals surface area contributed by atoms with Gasteiger partial charge in [0.15, 0.2) is 5.69 Å². The van der Waals surface area contributed by atoms with Gasteiger partial charge in [0.05, 0.1) is 12.7 Å². The third-order valence-electron chi connectivity index (χ3n) is 1.74. The highest BCUT2D eigenvalue weighted by Gasteiger charge is 2.23. The van der Waals surface area contributed by atoms with E-state index in [1.54, 1.807) is 0 Å². The first kappa shape index (κ1) is 12.3. The minimum Gasteiger partial charge on any atom is -0.464 e. The van der Waals surface area contributed by atoms with Gasteiger partial charge >= 0.3 is 5.97 Å². The maximum Gasteiger partial charge on any atom is 0.358 e.